The molecule has 0 aliphatic carbocycles. The average molecular weight is 332 g/mol. The number of carbonyl (C=O) groups is 3. The number of nitrogens with one attached hydrogen (secondary N) is 1. The Morgan fingerprint density at radius 3 is 2.42 bits per heavy atom. The van der Waals surface area contributed by atoms with Crippen molar-refractivity contribution in [3.63, 3.8) is 0 Å². The molecule has 7 nitrogen and oxygen atoms in total. The number of nitriles is 1. The van der Waals surface area contributed by atoms with Crippen molar-refractivity contribution in [3.8, 4) is 6.07 Å². The van der Waals surface area contributed by atoms with Gasteiger partial charge in [0.05, 0.1) is 11.6 Å². The maximum absolute atomic E-state index is 12.5. The van der Waals surface area contributed by atoms with Crippen molar-refractivity contribution < 1.29 is 24.2 Å². The zero-order valence-electron chi connectivity index (χ0n) is 13.8. The quantitative estimate of drug-likeness (QED) is 0.449. The summed E-state index contributed by atoms with van der Waals surface area (Å²) in [6.45, 7) is 4.42. The van der Waals surface area contributed by atoms with Crippen LogP contribution in [0.3, 0.4) is 0 Å². The van der Waals surface area contributed by atoms with Crippen molar-refractivity contribution in [3.05, 3.63) is 35.4 Å². The van der Waals surface area contributed by atoms with Crippen LogP contribution in [0.2, 0.25) is 0 Å². The summed E-state index contributed by atoms with van der Waals surface area (Å²) in [7, 11) is 0. The van der Waals surface area contributed by atoms with E-state index in [9.17, 15) is 19.5 Å². The molecule has 0 fully saturated rings. The number of ether oxygens (including phenoxy) is 1. The molecular formula is C17H20N2O5. The lowest BCUT2D eigenvalue weighted by atomic mass is 9.82. The molecule has 2 N–H and O–H groups in total. The van der Waals surface area contributed by atoms with Crippen molar-refractivity contribution in [2.24, 2.45) is 5.41 Å². The predicted molar refractivity (Wildman–Crippen MR) is 84.5 cm³/mol. The molecule has 0 aromatic heterocycles. The topological polar surface area (TPSA) is 116 Å². The molecule has 24 heavy (non-hydrogen) atoms. The lowest BCUT2D eigenvalue weighted by Gasteiger charge is -2.28. The molecule has 0 bridgehead atoms. The highest BCUT2D eigenvalue weighted by Crippen LogP contribution is 2.31. The van der Waals surface area contributed by atoms with Crippen LogP contribution in [0.15, 0.2) is 24.3 Å². The molecule has 0 heterocycles. The maximum Gasteiger partial charge on any atom is 0.325 e. The van der Waals surface area contributed by atoms with Crippen LogP contribution in [0.25, 0.3) is 0 Å². The van der Waals surface area contributed by atoms with Crippen molar-refractivity contribution in [2.45, 2.75) is 39.8 Å². The van der Waals surface area contributed by atoms with Gasteiger partial charge < -0.3 is 15.2 Å². The molecule has 1 aromatic carbocycles. The minimum absolute atomic E-state index is 0.0582. The monoisotopic (exact) mass is 332 g/mol. The summed E-state index contributed by atoms with van der Waals surface area (Å²) in [6, 6.07) is 8.15. The maximum atomic E-state index is 12.5. The van der Waals surface area contributed by atoms with Gasteiger partial charge in [0, 0.05) is 12.5 Å². The van der Waals surface area contributed by atoms with Gasteiger partial charge in [-0.1, -0.05) is 26.0 Å². The zero-order valence-corrected chi connectivity index (χ0v) is 13.8. The van der Waals surface area contributed by atoms with E-state index in [4.69, 9.17) is 10.00 Å². The second-order valence-corrected chi connectivity index (χ2v) is 5.32. The molecule has 1 unspecified atom stereocenters. The molecule has 1 amide bonds. The number of benzene rings is 1. The third-order valence-electron chi connectivity index (χ3n) is 3.88. The van der Waals surface area contributed by atoms with Gasteiger partial charge in [-0.2, -0.15) is 5.26 Å². The summed E-state index contributed by atoms with van der Waals surface area (Å²) >= 11 is 0. The number of esters is 1. The first-order valence-corrected chi connectivity index (χ1v) is 7.52. The fourth-order valence-corrected chi connectivity index (χ4v) is 2.29. The minimum atomic E-state index is -1.68. The molecule has 0 spiro atoms. The van der Waals surface area contributed by atoms with E-state index >= 15 is 0 Å². The van der Waals surface area contributed by atoms with Gasteiger partial charge in [0.15, 0.2) is 5.41 Å². The van der Waals surface area contributed by atoms with Crippen LogP contribution < -0.4 is 5.32 Å². The molecule has 0 radical (unpaired) electrons. The van der Waals surface area contributed by atoms with Crippen LogP contribution in [0.4, 0.5) is 0 Å². The number of rotatable bonds is 7. The largest absolute Gasteiger partial charge is 0.480 e. The summed E-state index contributed by atoms with van der Waals surface area (Å²) in [4.78, 5) is 35.4. The fraction of sp³-hybridized carbons (Fsp3) is 0.412. The van der Waals surface area contributed by atoms with E-state index in [0.29, 0.717) is 11.1 Å². The van der Waals surface area contributed by atoms with Gasteiger partial charge >= 0.3 is 11.9 Å². The summed E-state index contributed by atoms with van der Waals surface area (Å²) < 4.78 is 5.29. The van der Waals surface area contributed by atoms with E-state index < -0.39 is 29.5 Å². The molecule has 1 atom stereocenters. The van der Waals surface area contributed by atoms with Crippen LogP contribution in [0.5, 0.6) is 0 Å². The van der Waals surface area contributed by atoms with Crippen LogP contribution in [-0.4, -0.2) is 23.0 Å². The number of hydrogen-bond donors (Lipinski definition) is 2. The summed E-state index contributed by atoms with van der Waals surface area (Å²) in [5.41, 5.74) is -0.970. The first-order valence-electron chi connectivity index (χ1n) is 7.52. The lowest BCUT2D eigenvalue weighted by molar-refractivity contribution is -0.175. The van der Waals surface area contributed by atoms with E-state index in [2.05, 4.69) is 5.32 Å². The lowest BCUT2D eigenvalue weighted by Crippen LogP contribution is -2.42. The molecule has 0 aliphatic rings. The number of carboxylic acid groups (broad SMARTS) is 1. The Hall–Kier alpha value is -2.88. The Balaban J connectivity index is 3.18. The Kier molecular flexibility index (Phi) is 6.48. The van der Waals surface area contributed by atoms with Gasteiger partial charge in [-0.3, -0.25) is 14.4 Å². The van der Waals surface area contributed by atoms with Crippen molar-refractivity contribution in [2.75, 3.05) is 0 Å². The highest BCUT2D eigenvalue weighted by molar-refractivity contribution is 5.99. The summed E-state index contributed by atoms with van der Waals surface area (Å²) in [5.74, 6) is -2.66. The Labute approximate surface area is 140 Å². The van der Waals surface area contributed by atoms with E-state index in [1.807, 2.05) is 6.07 Å². The molecule has 7 heteroatoms. The minimum Gasteiger partial charge on any atom is -0.480 e. The van der Waals surface area contributed by atoms with E-state index in [1.165, 1.54) is 13.0 Å². The Morgan fingerprint density at radius 2 is 1.96 bits per heavy atom. The number of amides is 1. The number of aliphatic carboxylic acids is 1. The van der Waals surface area contributed by atoms with Crippen LogP contribution in [-0.2, 0) is 19.1 Å². The first-order chi connectivity index (χ1) is 11.3. The number of nitrogens with zero attached hydrogens (tertiary/aromatic N) is 1. The van der Waals surface area contributed by atoms with Crippen molar-refractivity contribution in [1.82, 2.24) is 5.32 Å². The van der Waals surface area contributed by atoms with E-state index in [0.717, 1.165) is 0 Å². The van der Waals surface area contributed by atoms with Gasteiger partial charge in [-0.05, 0) is 25.0 Å². The smallest absolute Gasteiger partial charge is 0.325 e. The third kappa shape index (κ3) is 4.10. The Morgan fingerprint density at radius 1 is 1.33 bits per heavy atom. The van der Waals surface area contributed by atoms with E-state index in [-0.39, 0.29) is 12.8 Å². The van der Waals surface area contributed by atoms with Gasteiger partial charge in [0.1, 0.15) is 0 Å². The Bertz CT molecular complexity index is 674. The van der Waals surface area contributed by atoms with Crippen LogP contribution in [0.1, 0.15) is 51.0 Å². The third-order valence-corrected chi connectivity index (χ3v) is 3.88. The molecule has 1 rings (SSSR count). The van der Waals surface area contributed by atoms with Gasteiger partial charge in [-0.25, -0.2) is 0 Å². The second-order valence-electron chi connectivity index (χ2n) is 5.32. The standard InChI is InChI=1S/C17H20N2O5/c1-4-17(5-2,15(21)22)16(23)24-14(19-11(3)20)13-8-6-7-12(9-13)10-18/h6-9,14H,4-5H2,1-3H3,(H,19,20)(H,21,22). The average Bonchev–Trinajstić information content (AvgIpc) is 2.55. The molecule has 128 valence electrons. The second kappa shape index (κ2) is 8.11. The normalized spacial score (nSPS) is 11.9. The highest BCUT2D eigenvalue weighted by Gasteiger charge is 2.45. The predicted octanol–water partition coefficient (Wildman–Crippen LogP) is 2.13. The molecule has 1 aromatic rings. The van der Waals surface area contributed by atoms with Crippen molar-refractivity contribution >= 4 is 17.8 Å². The summed E-state index contributed by atoms with van der Waals surface area (Å²) in [6.07, 6.45) is -1.05. The fourth-order valence-electron chi connectivity index (χ4n) is 2.29. The van der Waals surface area contributed by atoms with Crippen LogP contribution >= 0.6 is 0 Å². The zero-order chi connectivity index (χ0) is 18.3. The van der Waals surface area contributed by atoms with Gasteiger partial charge in [-0.15, -0.1) is 0 Å². The molecule has 0 saturated carbocycles. The molecule has 0 aliphatic heterocycles. The number of carbonyl (C=O) groups excluding carboxylic acids is 2. The number of hydrogen-bond acceptors (Lipinski definition) is 5. The highest BCUT2D eigenvalue weighted by atomic mass is 16.6. The molecular weight excluding hydrogens is 312 g/mol. The van der Waals surface area contributed by atoms with Crippen LogP contribution in [0, 0.1) is 16.7 Å². The summed E-state index contributed by atoms with van der Waals surface area (Å²) in [5, 5.41) is 20.8. The number of carboxylic acids is 1. The van der Waals surface area contributed by atoms with Gasteiger partial charge in [0.2, 0.25) is 12.1 Å². The van der Waals surface area contributed by atoms with E-state index in [1.54, 1.807) is 32.0 Å². The SMILES string of the molecule is CCC(CC)(C(=O)O)C(=O)OC(NC(C)=O)c1cccc(C#N)c1. The van der Waals surface area contributed by atoms with Gasteiger partial charge in [0.25, 0.3) is 0 Å². The van der Waals surface area contributed by atoms with Crippen molar-refractivity contribution in [1.29, 1.82) is 5.26 Å². The first kappa shape index (κ1) is 19.2. The molecule has 0 saturated heterocycles.